The van der Waals surface area contributed by atoms with E-state index in [1.165, 1.54) is 10.4 Å². The molecule has 1 atom stereocenters. The quantitative estimate of drug-likeness (QED) is 0.670. The highest BCUT2D eigenvalue weighted by atomic mass is 32.2. The maximum atomic E-state index is 12.1. The lowest BCUT2D eigenvalue weighted by Crippen LogP contribution is -2.32. The monoisotopic (exact) mass is 357 g/mol. The van der Waals surface area contributed by atoms with E-state index < -0.39 is 0 Å². The Hall–Kier alpha value is -2.05. The van der Waals surface area contributed by atoms with Gasteiger partial charge in [-0.2, -0.15) is 5.10 Å². The number of thioether (sulfide) groups is 1. The molecule has 0 aliphatic carbocycles. The summed E-state index contributed by atoms with van der Waals surface area (Å²) >= 11 is 3.31. The lowest BCUT2D eigenvalue weighted by Gasteiger charge is -2.17. The first-order valence-electron chi connectivity index (χ1n) is 7.74. The number of carbonyl (C=O) groups excluding carboxylic acids is 1. The van der Waals surface area contributed by atoms with Crippen LogP contribution in [0.1, 0.15) is 16.5 Å². The molecule has 6 heteroatoms. The third kappa shape index (κ3) is 4.72. The molecule has 0 radical (unpaired) electrons. The normalized spacial score (nSPS) is 12.0. The van der Waals surface area contributed by atoms with Gasteiger partial charge >= 0.3 is 0 Å². The SMILES string of the molecule is O=C(CSCc1ccccc1)NCC(c1cccs1)n1cccn1. The second-order valence-electron chi connectivity index (χ2n) is 5.30. The molecule has 2 aromatic heterocycles. The second-order valence-corrected chi connectivity index (χ2v) is 7.26. The number of nitrogens with one attached hydrogen (secondary N) is 1. The zero-order chi connectivity index (χ0) is 16.6. The summed E-state index contributed by atoms with van der Waals surface area (Å²) in [6.45, 7) is 0.549. The lowest BCUT2D eigenvalue weighted by molar-refractivity contribution is -0.118. The number of benzene rings is 1. The van der Waals surface area contributed by atoms with Crippen molar-refractivity contribution < 1.29 is 4.79 Å². The fourth-order valence-corrected chi connectivity index (χ4v) is 4.01. The summed E-state index contributed by atoms with van der Waals surface area (Å²) in [4.78, 5) is 13.3. The van der Waals surface area contributed by atoms with Crippen LogP contribution in [0, 0.1) is 0 Å². The van der Waals surface area contributed by atoms with Gasteiger partial charge in [0.1, 0.15) is 6.04 Å². The molecule has 2 heterocycles. The van der Waals surface area contributed by atoms with Crippen molar-refractivity contribution in [2.75, 3.05) is 12.3 Å². The van der Waals surface area contributed by atoms with Gasteiger partial charge in [0.05, 0.1) is 5.75 Å². The van der Waals surface area contributed by atoms with E-state index in [0.29, 0.717) is 12.3 Å². The van der Waals surface area contributed by atoms with E-state index in [2.05, 4.69) is 28.6 Å². The number of carbonyl (C=O) groups is 1. The molecule has 1 unspecified atom stereocenters. The molecule has 0 bridgehead atoms. The van der Waals surface area contributed by atoms with Crippen LogP contribution in [0.5, 0.6) is 0 Å². The molecule has 1 amide bonds. The molecule has 0 spiro atoms. The van der Waals surface area contributed by atoms with Crippen LogP contribution in [0.3, 0.4) is 0 Å². The molecular weight excluding hydrogens is 338 g/mol. The first-order chi connectivity index (χ1) is 11.8. The topological polar surface area (TPSA) is 46.9 Å². The first kappa shape index (κ1) is 16.8. The Morgan fingerprint density at radius 1 is 1.21 bits per heavy atom. The highest BCUT2D eigenvalue weighted by molar-refractivity contribution is 7.99. The molecule has 0 saturated carbocycles. The van der Waals surface area contributed by atoms with Crippen LogP contribution in [0.4, 0.5) is 0 Å². The Morgan fingerprint density at radius 3 is 2.79 bits per heavy atom. The van der Waals surface area contributed by atoms with Crippen molar-refractivity contribution in [3.8, 4) is 0 Å². The van der Waals surface area contributed by atoms with E-state index in [-0.39, 0.29) is 11.9 Å². The Kier molecular flexibility index (Phi) is 6.09. The van der Waals surface area contributed by atoms with Gasteiger partial charge in [-0.25, -0.2) is 0 Å². The van der Waals surface area contributed by atoms with Crippen molar-refractivity contribution in [3.05, 3.63) is 76.7 Å². The highest BCUT2D eigenvalue weighted by Crippen LogP contribution is 2.22. The summed E-state index contributed by atoms with van der Waals surface area (Å²) in [6, 6.07) is 16.2. The van der Waals surface area contributed by atoms with E-state index in [0.717, 1.165) is 5.75 Å². The number of aromatic nitrogens is 2. The number of nitrogens with zero attached hydrogens (tertiary/aromatic N) is 2. The first-order valence-corrected chi connectivity index (χ1v) is 9.77. The van der Waals surface area contributed by atoms with Crippen LogP contribution in [0.25, 0.3) is 0 Å². The molecule has 3 aromatic rings. The van der Waals surface area contributed by atoms with Crippen LogP contribution in [0.15, 0.2) is 66.3 Å². The van der Waals surface area contributed by atoms with Gasteiger partial charge in [0.2, 0.25) is 5.91 Å². The Balaban J connectivity index is 1.49. The van der Waals surface area contributed by atoms with Gasteiger partial charge in [0.15, 0.2) is 0 Å². The van der Waals surface area contributed by atoms with Gasteiger partial charge in [0, 0.05) is 29.6 Å². The molecule has 124 valence electrons. The van der Waals surface area contributed by atoms with Crippen LogP contribution < -0.4 is 5.32 Å². The Morgan fingerprint density at radius 2 is 2.08 bits per heavy atom. The predicted octanol–water partition coefficient (Wildman–Crippen LogP) is 3.58. The summed E-state index contributed by atoms with van der Waals surface area (Å²) in [5, 5.41) is 9.40. The molecule has 0 aliphatic heterocycles. The molecule has 0 saturated heterocycles. The molecule has 0 aliphatic rings. The summed E-state index contributed by atoms with van der Waals surface area (Å²) in [6.07, 6.45) is 3.69. The Bertz CT molecular complexity index is 693. The Labute approximate surface area is 149 Å². The van der Waals surface area contributed by atoms with Gasteiger partial charge in [0.25, 0.3) is 0 Å². The molecule has 3 rings (SSSR count). The zero-order valence-electron chi connectivity index (χ0n) is 13.2. The smallest absolute Gasteiger partial charge is 0.230 e. The molecule has 4 nitrogen and oxygen atoms in total. The van der Waals surface area contributed by atoms with Gasteiger partial charge in [-0.15, -0.1) is 23.1 Å². The minimum atomic E-state index is 0.0445. The fourth-order valence-electron chi connectivity index (χ4n) is 2.37. The second kappa shape index (κ2) is 8.70. The zero-order valence-corrected chi connectivity index (χ0v) is 14.8. The summed E-state index contributed by atoms with van der Waals surface area (Å²) in [5.74, 6) is 1.37. The molecule has 24 heavy (non-hydrogen) atoms. The fraction of sp³-hybridized carbons (Fsp3) is 0.222. The van der Waals surface area contributed by atoms with Crippen molar-refractivity contribution in [3.63, 3.8) is 0 Å². The minimum Gasteiger partial charge on any atom is -0.353 e. The number of hydrogen-bond donors (Lipinski definition) is 1. The van der Waals surface area contributed by atoms with Crippen molar-refractivity contribution in [2.24, 2.45) is 0 Å². The number of amides is 1. The van der Waals surface area contributed by atoms with Crippen LogP contribution in [-0.4, -0.2) is 28.0 Å². The summed E-state index contributed by atoms with van der Waals surface area (Å²) in [5.41, 5.74) is 1.24. The number of thiophene rings is 1. The number of hydrogen-bond acceptors (Lipinski definition) is 4. The third-order valence-corrected chi connectivity index (χ3v) is 5.53. The maximum absolute atomic E-state index is 12.1. The molecule has 1 N–H and O–H groups in total. The van der Waals surface area contributed by atoms with Gasteiger partial charge in [-0.1, -0.05) is 36.4 Å². The number of rotatable bonds is 8. The third-order valence-electron chi connectivity index (χ3n) is 3.55. The van der Waals surface area contributed by atoms with Crippen molar-refractivity contribution in [2.45, 2.75) is 11.8 Å². The van der Waals surface area contributed by atoms with Gasteiger partial charge in [-0.05, 0) is 23.1 Å². The van der Waals surface area contributed by atoms with E-state index in [4.69, 9.17) is 0 Å². The summed E-state index contributed by atoms with van der Waals surface area (Å²) < 4.78 is 1.89. The standard InChI is InChI=1S/C18H19N3OS2/c22-18(14-23-13-15-6-2-1-3-7-15)19-12-16(17-8-4-11-24-17)21-10-5-9-20-21/h1-11,16H,12-14H2,(H,19,22). The predicted molar refractivity (Wildman–Crippen MR) is 100 cm³/mol. The van der Waals surface area contributed by atoms with Crippen LogP contribution in [0.2, 0.25) is 0 Å². The van der Waals surface area contributed by atoms with Crippen molar-refractivity contribution in [1.29, 1.82) is 0 Å². The minimum absolute atomic E-state index is 0.0445. The highest BCUT2D eigenvalue weighted by Gasteiger charge is 2.16. The maximum Gasteiger partial charge on any atom is 0.230 e. The van der Waals surface area contributed by atoms with E-state index >= 15 is 0 Å². The molecule has 0 fully saturated rings. The van der Waals surface area contributed by atoms with Gasteiger partial charge < -0.3 is 5.32 Å². The van der Waals surface area contributed by atoms with Crippen molar-refractivity contribution in [1.82, 2.24) is 15.1 Å². The van der Waals surface area contributed by atoms with Crippen molar-refractivity contribution >= 4 is 29.0 Å². The van der Waals surface area contributed by atoms with Crippen LogP contribution in [-0.2, 0) is 10.5 Å². The van der Waals surface area contributed by atoms with Gasteiger partial charge in [-0.3, -0.25) is 9.48 Å². The molecule has 1 aromatic carbocycles. The molecular formula is C18H19N3OS2. The van der Waals surface area contributed by atoms with Crippen LogP contribution >= 0.6 is 23.1 Å². The lowest BCUT2D eigenvalue weighted by atomic mass is 10.2. The van der Waals surface area contributed by atoms with E-state index in [1.807, 2.05) is 46.6 Å². The van der Waals surface area contributed by atoms with E-state index in [1.54, 1.807) is 29.3 Å². The average molecular weight is 358 g/mol. The van der Waals surface area contributed by atoms with E-state index in [9.17, 15) is 4.79 Å². The summed E-state index contributed by atoms with van der Waals surface area (Å²) in [7, 11) is 0. The largest absolute Gasteiger partial charge is 0.353 e. The average Bonchev–Trinajstić information content (AvgIpc) is 3.30.